The molecule has 2 nitrogen and oxygen atoms in total. The van der Waals surface area contributed by atoms with Gasteiger partial charge in [-0.3, -0.25) is 4.79 Å². The van der Waals surface area contributed by atoms with E-state index in [1.165, 1.54) is 5.56 Å². The number of rotatable bonds is 4. The van der Waals surface area contributed by atoms with Crippen LogP contribution >= 0.6 is 0 Å². The van der Waals surface area contributed by atoms with Crippen LogP contribution in [-0.2, 0) is 0 Å². The highest BCUT2D eigenvalue weighted by atomic mass is 16.5. The molecule has 1 atom stereocenters. The average molecular weight is 262 g/mol. The Morgan fingerprint density at radius 1 is 1.37 bits per heavy atom. The Morgan fingerprint density at radius 2 is 1.89 bits per heavy atom. The molecule has 1 rings (SSSR count). The Balaban J connectivity index is 0. The lowest BCUT2D eigenvalue weighted by Crippen LogP contribution is -1.97. The summed E-state index contributed by atoms with van der Waals surface area (Å²) in [4.78, 5) is 10.6. The molecule has 0 fully saturated rings. The zero-order chi connectivity index (χ0) is 15.3. The monoisotopic (exact) mass is 262 g/mol. The quantitative estimate of drug-likeness (QED) is 0.563. The number of carbonyl (C=O) groups excluding carboxylic acids is 1. The number of hydrogen-bond acceptors (Lipinski definition) is 2. The second-order valence-electron chi connectivity index (χ2n) is 3.84. The number of methoxy groups -OCH3 is 1. The normalized spacial score (nSPS) is 9.89. The molecule has 0 radical (unpaired) electrons. The fourth-order valence-corrected chi connectivity index (χ4v) is 1.43. The van der Waals surface area contributed by atoms with E-state index < -0.39 is 0 Å². The van der Waals surface area contributed by atoms with E-state index in [-0.39, 0.29) is 0 Å². The third-order valence-corrected chi connectivity index (χ3v) is 2.54. The predicted octanol–water partition coefficient (Wildman–Crippen LogP) is 5.02. The van der Waals surface area contributed by atoms with E-state index in [1.807, 2.05) is 19.1 Å². The van der Waals surface area contributed by atoms with Gasteiger partial charge in [0, 0.05) is 5.56 Å². The maximum absolute atomic E-state index is 10.6. The molecule has 0 heterocycles. The van der Waals surface area contributed by atoms with Gasteiger partial charge in [0.15, 0.2) is 0 Å². The third-order valence-electron chi connectivity index (χ3n) is 2.54. The summed E-state index contributed by atoms with van der Waals surface area (Å²) < 4.78 is 5.25. The van der Waals surface area contributed by atoms with Crippen LogP contribution in [0.4, 0.5) is 0 Å². The Kier molecular flexibility index (Phi) is 13.0. The molecule has 0 bridgehead atoms. The minimum absolute atomic E-state index is 0.464. The summed E-state index contributed by atoms with van der Waals surface area (Å²) in [5, 5.41) is 0. The van der Waals surface area contributed by atoms with Gasteiger partial charge >= 0.3 is 0 Å². The number of benzene rings is 1. The Hall–Kier alpha value is -1.83. The van der Waals surface area contributed by atoms with Gasteiger partial charge in [0.25, 0.3) is 0 Å². The van der Waals surface area contributed by atoms with E-state index in [0.717, 1.165) is 18.5 Å². The number of aldehydes is 1. The highest BCUT2D eigenvalue weighted by molar-refractivity contribution is 5.76. The molecule has 0 amide bonds. The lowest BCUT2D eigenvalue weighted by molar-refractivity contribution is 0.112. The van der Waals surface area contributed by atoms with Gasteiger partial charge < -0.3 is 4.74 Å². The van der Waals surface area contributed by atoms with Crippen LogP contribution in [0.1, 0.15) is 49.0 Å². The first kappa shape index (κ1) is 19.5. The molecule has 0 aliphatic heterocycles. The molecule has 0 saturated heterocycles. The van der Waals surface area contributed by atoms with Gasteiger partial charge in [-0.05, 0) is 30.9 Å². The van der Waals surface area contributed by atoms with E-state index in [0.29, 0.717) is 11.5 Å². The molecule has 0 N–H and O–H groups in total. The van der Waals surface area contributed by atoms with Crippen LogP contribution in [0.3, 0.4) is 0 Å². The largest absolute Gasteiger partial charge is 0.496 e. The Labute approximate surface area is 117 Å². The first-order valence-electron chi connectivity index (χ1n) is 6.34. The third kappa shape index (κ3) is 7.24. The molecular weight excluding hydrogens is 236 g/mol. The number of ether oxygens (including phenoxy) is 1. The number of allylic oxidation sites excluding steroid dienone is 1. The second-order valence-corrected chi connectivity index (χ2v) is 3.84. The van der Waals surface area contributed by atoms with Crippen molar-refractivity contribution in [1.82, 2.24) is 0 Å². The van der Waals surface area contributed by atoms with Gasteiger partial charge in [-0.1, -0.05) is 32.1 Å². The van der Waals surface area contributed by atoms with Crippen LogP contribution in [0.15, 0.2) is 44.0 Å². The van der Waals surface area contributed by atoms with Gasteiger partial charge in [0.1, 0.15) is 12.0 Å². The summed E-state index contributed by atoms with van der Waals surface area (Å²) in [6.07, 6.45) is 3.65. The minimum atomic E-state index is 0.464. The van der Waals surface area contributed by atoms with Crippen molar-refractivity contribution >= 4 is 6.29 Å². The molecule has 106 valence electrons. The smallest absolute Gasteiger partial charge is 0.150 e. The van der Waals surface area contributed by atoms with Crippen molar-refractivity contribution in [3.8, 4) is 5.75 Å². The summed E-state index contributed by atoms with van der Waals surface area (Å²) in [6, 6.07) is 5.59. The van der Waals surface area contributed by atoms with Gasteiger partial charge in [0.05, 0.1) is 7.11 Å². The number of hydrogen-bond donors (Lipinski definition) is 0. The van der Waals surface area contributed by atoms with E-state index in [1.54, 1.807) is 19.3 Å². The van der Waals surface area contributed by atoms with Crippen molar-refractivity contribution in [2.24, 2.45) is 0 Å². The zero-order valence-corrected chi connectivity index (χ0v) is 12.6. The van der Waals surface area contributed by atoms with Crippen LogP contribution in [-0.4, -0.2) is 13.4 Å². The molecule has 19 heavy (non-hydrogen) atoms. The summed E-state index contributed by atoms with van der Waals surface area (Å²) in [5.74, 6) is 1.27. The molecule has 0 aliphatic carbocycles. The molecular formula is C17H26O2. The predicted molar refractivity (Wildman–Crippen MR) is 84.2 cm³/mol. The maximum Gasteiger partial charge on any atom is 0.150 e. The second kappa shape index (κ2) is 12.6. The summed E-state index contributed by atoms with van der Waals surface area (Å²) >= 11 is 0. The van der Waals surface area contributed by atoms with Gasteiger partial charge in [-0.2, -0.15) is 0 Å². The highest BCUT2D eigenvalue weighted by Crippen LogP contribution is 2.28. The highest BCUT2D eigenvalue weighted by Gasteiger charge is 2.09. The lowest BCUT2D eigenvalue weighted by Gasteiger charge is -2.13. The summed E-state index contributed by atoms with van der Waals surface area (Å²) in [6.45, 7) is 15.5. The topological polar surface area (TPSA) is 26.3 Å². The molecule has 0 saturated carbocycles. The first-order valence-corrected chi connectivity index (χ1v) is 6.34. The standard InChI is InChI=1S/C12H16O2.C3H6.C2H4/c1-4-9(2)11-6-5-10(8-13)7-12(11)14-3;1-3-2;1-2/h5-9H,4H2,1-3H3;3H,1H2,2H3;1-2H2. The fourth-order valence-electron chi connectivity index (χ4n) is 1.43. The van der Waals surface area contributed by atoms with Crippen molar-refractivity contribution in [2.75, 3.05) is 7.11 Å². The summed E-state index contributed by atoms with van der Waals surface area (Å²) in [5.41, 5.74) is 1.83. The molecule has 0 spiro atoms. The molecule has 0 aliphatic rings. The van der Waals surface area contributed by atoms with Crippen LogP contribution in [0.25, 0.3) is 0 Å². The van der Waals surface area contributed by atoms with Gasteiger partial charge in [-0.15, -0.1) is 19.7 Å². The van der Waals surface area contributed by atoms with Gasteiger partial charge in [0.2, 0.25) is 0 Å². The lowest BCUT2D eigenvalue weighted by atomic mass is 9.96. The van der Waals surface area contributed by atoms with E-state index in [2.05, 4.69) is 33.6 Å². The SMILES string of the molecule is C=C.C=CC.CCC(C)c1ccc(C=O)cc1OC. The number of carbonyl (C=O) groups is 1. The molecule has 2 heteroatoms. The van der Waals surface area contributed by atoms with Crippen molar-refractivity contribution < 1.29 is 9.53 Å². The van der Waals surface area contributed by atoms with Crippen LogP contribution in [0, 0.1) is 0 Å². The average Bonchev–Trinajstić information content (AvgIpc) is 2.48. The first-order chi connectivity index (χ1) is 9.14. The van der Waals surface area contributed by atoms with E-state index in [4.69, 9.17) is 4.74 Å². The minimum Gasteiger partial charge on any atom is -0.496 e. The van der Waals surface area contributed by atoms with Crippen molar-refractivity contribution in [3.05, 3.63) is 55.1 Å². The Morgan fingerprint density at radius 3 is 2.26 bits per heavy atom. The Bertz CT molecular complexity index is 370. The molecule has 0 aromatic heterocycles. The fraction of sp³-hybridized carbons (Fsp3) is 0.353. The van der Waals surface area contributed by atoms with Crippen LogP contribution in [0.5, 0.6) is 5.75 Å². The van der Waals surface area contributed by atoms with Crippen molar-refractivity contribution in [2.45, 2.75) is 33.1 Å². The van der Waals surface area contributed by atoms with Crippen molar-refractivity contribution in [1.29, 1.82) is 0 Å². The molecule has 1 aromatic rings. The van der Waals surface area contributed by atoms with Gasteiger partial charge in [-0.25, -0.2) is 0 Å². The summed E-state index contributed by atoms with van der Waals surface area (Å²) in [7, 11) is 1.63. The zero-order valence-electron chi connectivity index (χ0n) is 12.6. The van der Waals surface area contributed by atoms with Crippen LogP contribution in [0.2, 0.25) is 0 Å². The molecule has 1 aromatic carbocycles. The van der Waals surface area contributed by atoms with E-state index in [9.17, 15) is 4.79 Å². The maximum atomic E-state index is 10.6. The van der Waals surface area contributed by atoms with Crippen molar-refractivity contribution in [3.63, 3.8) is 0 Å². The van der Waals surface area contributed by atoms with Crippen LogP contribution < -0.4 is 4.74 Å². The van der Waals surface area contributed by atoms with E-state index >= 15 is 0 Å². The molecule has 1 unspecified atom stereocenters.